The maximum atomic E-state index is 13.2. The van der Waals surface area contributed by atoms with Gasteiger partial charge in [-0.15, -0.1) is 0 Å². The Morgan fingerprint density at radius 2 is 1.47 bits per heavy atom. The van der Waals surface area contributed by atoms with Crippen LogP contribution in [0.15, 0.2) is 60.9 Å². The number of hydrogen-bond donors (Lipinski definition) is 0. The molecule has 0 atom stereocenters. The molecule has 10 heteroatoms. The van der Waals surface area contributed by atoms with Crippen molar-refractivity contribution < 1.29 is 22.8 Å². The molecule has 2 heterocycles. The molecule has 166 valence electrons. The molecule has 0 radical (unpaired) electrons. The number of aromatic nitrogens is 2. The van der Waals surface area contributed by atoms with Gasteiger partial charge < -0.3 is 9.80 Å². The lowest BCUT2D eigenvalue weighted by atomic mass is 10.1. The summed E-state index contributed by atoms with van der Waals surface area (Å²) < 4.78 is 41.3. The van der Waals surface area contributed by atoms with Crippen molar-refractivity contribution in [1.29, 1.82) is 0 Å². The number of rotatable bonds is 3. The Hall–Kier alpha value is -3.33. The van der Waals surface area contributed by atoms with Gasteiger partial charge in [-0.3, -0.25) is 9.59 Å². The van der Waals surface area contributed by atoms with E-state index in [1.165, 1.54) is 29.3 Å². The van der Waals surface area contributed by atoms with E-state index >= 15 is 0 Å². The number of halogens is 4. The zero-order chi connectivity index (χ0) is 22.9. The molecule has 2 aromatic carbocycles. The predicted octanol–water partition coefficient (Wildman–Crippen LogP) is 4.14. The van der Waals surface area contributed by atoms with E-state index in [4.69, 9.17) is 11.6 Å². The fourth-order valence-corrected chi connectivity index (χ4v) is 3.68. The Balaban J connectivity index is 1.42. The summed E-state index contributed by atoms with van der Waals surface area (Å²) in [6.45, 7) is 0.708. The second-order valence-electron chi connectivity index (χ2n) is 7.28. The summed E-state index contributed by atoms with van der Waals surface area (Å²) in [6, 6.07) is 11.7. The first-order valence-electron chi connectivity index (χ1n) is 9.79. The Bertz CT molecular complexity index is 1140. The molecule has 4 rings (SSSR count). The second-order valence-corrected chi connectivity index (χ2v) is 7.71. The van der Waals surface area contributed by atoms with Crippen LogP contribution >= 0.6 is 11.6 Å². The van der Waals surface area contributed by atoms with Crippen LogP contribution in [0.5, 0.6) is 0 Å². The van der Waals surface area contributed by atoms with Gasteiger partial charge in [-0.2, -0.15) is 18.3 Å². The highest BCUT2D eigenvalue weighted by Crippen LogP contribution is 2.32. The van der Waals surface area contributed by atoms with Crippen LogP contribution in [0, 0.1) is 0 Å². The van der Waals surface area contributed by atoms with Crippen molar-refractivity contribution in [3.63, 3.8) is 0 Å². The lowest BCUT2D eigenvalue weighted by molar-refractivity contribution is -0.138. The van der Waals surface area contributed by atoms with E-state index in [2.05, 4.69) is 5.10 Å². The molecule has 0 bridgehead atoms. The Morgan fingerprint density at radius 3 is 2.09 bits per heavy atom. The minimum atomic E-state index is -4.62. The van der Waals surface area contributed by atoms with E-state index in [0.717, 1.165) is 11.8 Å². The third kappa shape index (κ3) is 4.47. The Labute approximate surface area is 186 Å². The molecule has 0 aliphatic carbocycles. The maximum absolute atomic E-state index is 13.2. The van der Waals surface area contributed by atoms with Crippen molar-refractivity contribution in [2.75, 3.05) is 26.2 Å². The molecule has 0 unspecified atom stereocenters. The summed E-state index contributed by atoms with van der Waals surface area (Å²) in [5.41, 5.74) is -0.225. The van der Waals surface area contributed by atoms with Gasteiger partial charge in [-0.05, 0) is 36.4 Å². The molecule has 1 aromatic heterocycles. The van der Waals surface area contributed by atoms with Gasteiger partial charge >= 0.3 is 6.18 Å². The highest BCUT2D eigenvalue weighted by Gasteiger charge is 2.36. The van der Waals surface area contributed by atoms with E-state index < -0.39 is 17.6 Å². The number of carbonyl (C=O) groups excluding carboxylic acids is 2. The molecule has 1 aliphatic heterocycles. The molecule has 2 amide bonds. The summed E-state index contributed by atoms with van der Waals surface area (Å²) in [7, 11) is 0. The Morgan fingerprint density at radius 1 is 0.875 bits per heavy atom. The third-order valence-corrected chi connectivity index (χ3v) is 5.49. The SMILES string of the molecule is O=C(c1cnn(-c2ccc(Cl)cc2)c1)N1CCN(C(=O)c2ccccc2C(F)(F)F)CC1. The molecular weight excluding hydrogens is 445 g/mol. The van der Waals surface area contributed by atoms with Crippen LogP contribution in [-0.4, -0.2) is 57.6 Å². The zero-order valence-corrected chi connectivity index (χ0v) is 17.5. The van der Waals surface area contributed by atoms with Crippen LogP contribution in [0.25, 0.3) is 5.69 Å². The van der Waals surface area contributed by atoms with Gasteiger partial charge in [-0.1, -0.05) is 23.7 Å². The highest BCUT2D eigenvalue weighted by molar-refractivity contribution is 6.30. The Kier molecular flexibility index (Phi) is 5.92. The number of alkyl halides is 3. The number of nitrogens with zero attached hydrogens (tertiary/aromatic N) is 4. The average molecular weight is 463 g/mol. The van der Waals surface area contributed by atoms with Gasteiger partial charge in [0.1, 0.15) is 0 Å². The number of carbonyl (C=O) groups is 2. The van der Waals surface area contributed by atoms with Gasteiger partial charge in [-0.25, -0.2) is 4.68 Å². The fourth-order valence-electron chi connectivity index (χ4n) is 3.55. The quantitative estimate of drug-likeness (QED) is 0.587. The molecule has 0 spiro atoms. The van der Waals surface area contributed by atoms with Crippen molar-refractivity contribution in [3.05, 3.63) is 82.6 Å². The number of benzene rings is 2. The lowest BCUT2D eigenvalue weighted by Crippen LogP contribution is -2.50. The minimum Gasteiger partial charge on any atom is -0.335 e. The average Bonchev–Trinajstić information content (AvgIpc) is 3.28. The van der Waals surface area contributed by atoms with Crippen LogP contribution < -0.4 is 0 Å². The first kappa shape index (κ1) is 21.9. The molecule has 32 heavy (non-hydrogen) atoms. The van der Waals surface area contributed by atoms with Crippen molar-refractivity contribution in [2.45, 2.75) is 6.18 Å². The lowest BCUT2D eigenvalue weighted by Gasteiger charge is -2.35. The van der Waals surface area contributed by atoms with Crippen molar-refractivity contribution in [1.82, 2.24) is 19.6 Å². The molecule has 1 fully saturated rings. The van der Waals surface area contributed by atoms with Crippen LogP contribution in [-0.2, 0) is 6.18 Å². The monoisotopic (exact) mass is 462 g/mol. The van der Waals surface area contributed by atoms with Crippen LogP contribution in [0.4, 0.5) is 13.2 Å². The molecule has 3 aromatic rings. The van der Waals surface area contributed by atoms with Gasteiger partial charge in [0.2, 0.25) is 0 Å². The predicted molar refractivity (Wildman–Crippen MR) is 112 cm³/mol. The molecule has 0 N–H and O–H groups in total. The van der Waals surface area contributed by atoms with E-state index in [9.17, 15) is 22.8 Å². The van der Waals surface area contributed by atoms with E-state index in [0.29, 0.717) is 10.6 Å². The molecule has 6 nitrogen and oxygen atoms in total. The number of amides is 2. The van der Waals surface area contributed by atoms with Crippen LogP contribution in [0.3, 0.4) is 0 Å². The minimum absolute atomic E-state index is 0.141. The number of piperazine rings is 1. The summed E-state index contributed by atoms with van der Waals surface area (Å²) in [4.78, 5) is 28.4. The molecular formula is C22H18ClF3N4O2. The molecule has 1 saturated heterocycles. The smallest absolute Gasteiger partial charge is 0.335 e. The van der Waals surface area contributed by atoms with Gasteiger partial charge in [0, 0.05) is 37.4 Å². The fraction of sp³-hybridized carbons (Fsp3) is 0.227. The largest absolute Gasteiger partial charge is 0.417 e. The topological polar surface area (TPSA) is 58.4 Å². The van der Waals surface area contributed by atoms with Crippen molar-refractivity contribution >= 4 is 23.4 Å². The van der Waals surface area contributed by atoms with E-state index in [1.54, 1.807) is 40.0 Å². The van der Waals surface area contributed by atoms with Crippen LogP contribution in [0.1, 0.15) is 26.3 Å². The summed E-state index contributed by atoms with van der Waals surface area (Å²) in [5, 5.41) is 4.79. The maximum Gasteiger partial charge on any atom is 0.417 e. The van der Waals surface area contributed by atoms with E-state index in [1.807, 2.05) is 0 Å². The highest BCUT2D eigenvalue weighted by atomic mass is 35.5. The summed E-state index contributed by atoms with van der Waals surface area (Å²) >= 11 is 5.89. The van der Waals surface area contributed by atoms with Crippen molar-refractivity contribution in [2.24, 2.45) is 0 Å². The van der Waals surface area contributed by atoms with E-state index in [-0.39, 0.29) is 37.6 Å². The standard InChI is InChI=1S/C22H18ClF3N4O2/c23-16-5-7-17(8-6-16)30-14-15(13-27-30)20(31)28-9-11-29(12-10-28)21(32)18-3-1-2-4-19(18)22(24,25)26/h1-8,13-14H,9-12H2. The molecule has 1 aliphatic rings. The van der Waals surface area contributed by atoms with Gasteiger partial charge in [0.05, 0.1) is 28.6 Å². The number of hydrogen-bond acceptors (Lipinski definition) is 3. The first-order valence-corrected chi connectivity index (χ1v) is 10.2. The van der Waals surface area contributed by atoms with Gasteiger partial charge in [0.25, 0.3) is 11.8 Å². The van der Waals surface area contributed by atoms with Crippen LogP contribution in [0.2, 0.25) is 5.02 Å². The third-order valence-electron chi connectivity index (χ3n) is 5.24. The second kappa shape index (κ2) is 8.66. The van der Waals surface area contributed by atoms with Gasteiger partial charge in [0.15, 0.2) is 0 Å². The first-order chi connectivity index (χ1) is 15.2. The molecule has 0 saturated carbocycles. The van der Waals surface area contributed by atoms with Crippen molar-refractivity contribution in [3.8, 4) is 5.69 Å². The zero-order valence-electron chi connectivity index (χ0n) is 16.7. The summed E-state index contributed by atoms with van der Waals surface area (Å²) in [5.74, 6) is -0.950. The normalized spacial score (nSPS) is 14.5. The summed E-state index contributed by atoms with van der Waals surface area (Å²) in [6.07, 6.45) is -1.56.